The van der Waals surface area contributed by atoms with E-state index in [-0.39, 0.29) is 17.3 Å². The van der Waals surface area contributed by atoms with Crippen LogP contribution in [0.1, 0.15) is 5.56 Å². The molecular formula is C11H10ClN5O2. The highest BCUT2D eigenvalue weighted by Crippen LogP contribution is 2.26. The number of nitrogens with two attached hydrogens (primary N) is 1. The van der Waals surface area contributed by atoms with Crippen LogP contribution in [0.5, 0.6) is 0 Å². The molecule has 1 heterocycles. The molecule has 0 saturated heterocycles. The first-order valence-corrected chi connectivity index (χ1v) is 5.69. The predicted molar refractivity (Wildman–Crippen MR) is 71.9 cm³/mol. The molecule has 3 N–H and O–H groups in total. The van der Waals surface area contributed by atoms with Gasteiger partial charge in [0.2, 0.25) is 11.6 Å². The Balaban J connectivity index is 2.18. The number of hydrogen-bond donors (Lipinski definition) is 2. The maximum atomic E-state index is 10.9. The van der Waals surface area contributed by atoms with Crippen molar-refractivity contribution < 1.29 is 4.92 Å². The Bertz CT molecular complexity index is 603. The van der Waals surface area contributed by atoms with Crippen LogP contribution in [0.15, 0.2) is 30.6 Å². The van der Waals surface area contributed by atoms with Crippen molar-refractivity contribution >= 4 is 28.9 Å². The minimum absolute atomic E-state index is 0.0902. The van der Waals surface area contributed by atoms with Crippen LogP contribution in [-0.4, -0.2) is 14.9 Å². The number of anilines is 2. The molecule has 0 spiro atoms. The second-order valence-corrected chi connectivity index (χ2v) is 4.13. The lowest BCUT2D eigenvalue weighted by Gasteiger charge is -2.06. The third-order valence-corrected chi connectivity index (χ3v) is 2.66. The summed E-state index contributed by atoms with van der Waals surface area (Å²) in [6, 6.07) is 7.10. The van der Waals surface area contributed by atoms with Gasteiger partial charge in [0.25, 0.3) is 0 Å². The zero-order valence-electron chi connectivity index (χ0n) is 9.71. The van der Waals surface area contributed by atoms with Crippen LogP contribution in [-0.2, 0) is 6.54 Å². The van der Waals surface area contributed by atoms with E-state index in [0.29, 0.717) is 11.6 Å². The summed E-state index contributed by atoms with van der Waals surface area (Å²) in [5.41, 5.74) is 6.05. The fraction of sp³-hybridized carbons (Fsp3) is 0.0909. The number of rotatable bonds is 4. The van der Waals surface area contributed by atoms with Crippen LogP contribution in [0.25, 0.3) is 0 Å². The number of halogens is 1. The van der Waals surface area contributed by atoms with Crippen molar-refractivity contribution in [3.05, 3.63) is 51.3 Å². The number of nitrogens with zero attached hydrogens (tertiary/aromatic N) is 3. The molecule has 0 aliphatic rings. The summed E-state index contributed by atoms with van der Waals surface area (Å²) in [5, 5.41) is 14.4. The summed E-state index contributed by atoms with van der Waals surface area (Å²) in [6.07, 6.45) is 1.17. The molecule has 19 heavy (non-hydrogen) atoms. The highest BCUT2D eigenvalue weighted by Gasteiger charge is 2.20. The molecule has 1 aromatic carbocycles. The quantitative estimate of drug-likeness (QED) is 0.656. The summed E-state index contributed by atoms with van der Waals surface area (Å²) >= 11 is 5.77. The molecule has 1 aromatic heterocycles. The average Bonchev–Trinajstić information content (AvgIpc) is 2.37. The van der Waals surface area contributed by atoms with Crippen molar-refractivity contribution in [3.8, 4) is 0 Å². The predicted octanol–water partition coefficient (Wildman–Crippen LogP) is 2.23. The topological polar surface area (TPSA) is 107 Å². The molecule has 0 aliphatic carbocycles. The molecule has 0 bridgehead atoms. The van der Waals surface area contributed by atoms with Gasteiger partial charge in [-0.25, -0.2) is 9.97 Å². The van der Waals surface area contributed by atoms with Crippen LogP contribution in [0, 0.1) is 10.1 Å². The summed E-state index contributed by atoms with van der Waals surface area (Å²) < 4.78 is 0. The van der Waals surface area contributed by atoms with Crippen molar-refractivity contribution in [2.75, 3.05) is 11.1 Å². The molecule has 2 rings (SSSR count). The van der Waals surface area contributed by atoms with Crippen molar-refractivity contribution in [2.45, 2.75) is 6.54 Å². The number of nitrogen functional groups attached to an aromatic ring is 1. The van der Waals surface area contributed by atoms with Gasteiger partial charge in [-0.05, 0) is 17.7 Å². The zero-order chi connectivity index (χ0) is 13.8. The maximum Gasteiger partial charge on any atom is 0.352 e. The van der Waals surface area contributed by atoms with Gasteiger partial charge in [0.1, 0.15) is 6.33 Å². The summed E-state index contributed by atoms with van der Waals surface area (Å²) in [7, 11) is 0. The Morgan fingerprint density at radius 3 is 2.63 bits per heavy atom. The van der Waals surface area contributed by atoms with Crippen LogP contribution < -0.4 is 11.1 Å². The van der Waals surface area contributed by atoms with Crippen molar-refractivity contribution in [1.82, 2.24) is 9.97 Å². The number of nitro groups is 1. The molecule has 0 atom stereocenters. The summed E-state index contributed by atoms with van der Waals surface area (Å²) in [6.45, 7) is 0.370. The molecule has 8 heteroatoms. The number of aromatic nitrogens is 2. The SMILES string of the molecule is Nc1ncnc(NCc2ccc(Cl)cc2)c1[N+](=O)[O-]. The lowest BCUT2D eigenvalue weighted by molar-refractivity contribution is -0.383. The van der Waals surface area contributed by atoms with Crippen LogP contribution in [0.4, 0.5) is 17.3 Å². The molecule has 0 unspecified atom stereocenters. The van der Waals surface area contributed by atoms with E-state index < -0.39 is 4.92 Å². The molecule has 98 valence electrons. The summed E-state index contributed by atoms with van der Waals surface area (Å²) in [5.74, 6) is -0.0777. The molecular weight excluding hydrogens is 270 g/mol. The second-order valence-electron chi connectivity index (χ2n) is 3.69. The molecule has 0 saturated carbocycles. The van der Waals surface area contributed by atoms with Gasteiger partial charge >= 0.3 is 5.69 Å². The van der Waals surface area contributed by atoms with Gasteiger partial charge in [-0.1, -0.05) is 23.7 Å². The van der Waals surface area contributed by atoms with Gasteiger partial charge < -0.3 is 11.1 Å². The Kier molecular flexibility index (Phi) is 3.76. The minimum Gasteiger partial charge on any atom is -0.378 e. The van der Waals surface area contributed by atoms with Gasteiger partial charge in [0, 0.05) is 11.6 Å². The maximum absolute atomic E-state index is 10.9. The monoisotopic (exact) mass is 279 g/mol. The Labute approximate surface area is 113 Å². The van der Waals surface area contributed by atoms with E-state index in [4.69, 9.17) is 17.3 Å². The van der Waals surface area contributed by atoms with Crippen LogP contribution in [0.2, 0.25) is 5.02 Å². The third kappa shape index (κ3) is 3.08. The van der Waals surface area contributed by atoms with E-state index in [2.05, 4.69) is 15.3 Å². The molecule has 7 nitrogen and oxygen atoms in total. The summed E-state index contributed by atoms with van der Waals surface area (Å²) in [4.78, 5) is 17.7. The standard InChI is InChI=1S/C11H10ClN5O2/c12-8-3-1-7(2-4-8)5-14-11-9(17(18)19)10(13)15-6-16-11/h1-4,6H,5H2,(H3,13,14,15,16). The average molecular weight is 280 g/mol. The van der Waals surface area contributed by atoms with Crippen LogP contribution in [0.3, 0.4) is 0 Å². The Morgan fingerprint density at radius 2 is 2.00 bits per heavy atom. The Morgan fingerprint density at radius 1 is 1.32 bits per heavy atom. The Hall–Kier alpha value is -2.41. The van der Waals surface area contributed by atoms with Gasteiger partial charge in [0.15, 0.2) is 0 Å². The van der Waals surface area contributed by atoms with Crippen molar-refractivity contribution in [3.63, 3.8) is 0 Å². The van der Waals surface area contributed by atoms with Gasteiger partial charge in [0.05, 0.1) is 4.92 Å². The number of benzene rings is 1. The molecule has 0 fully saturated rings. The van der Waals surface area contributed by atoms with E-state index in [0.717, 1.165) is 5.56 Å². The minimum atomic E-state index is -0.612. The van der Waals surface area contributed by atoms with E-state index in [1.807, 2.05) is 12.1 Å². The lowest BCUT2D eigenvalue weighted by Crippen LogP contribution is -2.07. The van der Waals surface area contributed by atoms with Gasteiger partial charge in [-0.3, -0.25) is 10.1 Å². The highest BCUT2D eigenvalue weighted by molar-refractivity contribution is 6.30. The van der Waals surface area contributed by atoms with Crippen LogP contribution >= 0.6 is 11.6 Å². The first kappa shape index (κ1) is 13.0. The van der Waals surface area contributed by atoms with E-state index in [1.54, 1.807) is 12.1 Å². The van der Waals surface area contributed by atoms with E-state index in [1.165, 1.54) is 6.33 Å². The smallest absolute Gasteiger partial charge is 0.352 e. The first-order valence-electron chi connectivity index (χ1n) is 5.31. The molecule has 2 aromatic rings. The first-order chi connectivity index (χ1) is 9.08. The highest BCUT2D eigenvalue weighted by atomic mass is 35.5. The zero-order valence-corrected chi connectivity index (χ0v) is 10.5. The molecule has 0 radical (unpaired) electrons. The number of nitrogens with one attached hydrogen (secondary N) is 1. The fourth-order valence-corrected chi connectivity index (χ4v) is 1.62. The van der Waals surface area contributed by atoms with E-state index >= 15 is 0 Å². The lowest BCUT2D eigenvalue weighted by atomic mass is 10.2. The largest absolute Gasteiger partial charge is 0.378 e. The van der Waals surface area contributed by atoms with Crippen molar-refractivity contribution in [2.24, 2.45) is 0 Å². The van der Waals surface area contributed by atoms with E-state index in [9.17, 15) is 10.1 Å². The molecule has 0 amide bonds. The number of hydrogen-bond acceptors (Lipinski definition) is 6. The normalized spacial score (nSPS) is 10.2. The van der Waals surface area contributed by atoms with Gasteiger partial charge in [-0.2, -0.15) is 0 Å². The third-order valence-electron chi connectivity index (χ3n) is 2.41. The van der Waals surface area contributed by atoms with Crippen molar-refractivity contribution in [1.29, 1.82) is 0 Å². The second kappa shape index (κ2) is 5.49. The fourth-order valence-electron chi connectivity index (χ4n) is 1.49. The molecule has 0 aliphatic heterocycles. The van der Waals surface area contributed by atoms with Gasteiger partial charge in [-0.15, -0.1) is 0 Å².